The van der Waals surface area contributed by atoms with Gasteiger partial charge >= 0.3 is 8.24 Å². The normalized spacial score (nSPS) is 26.2. The van der Waals surface area contributed by atoms with Crippen LogP contribution in [0, 0.1) is 47.3 Å². The van der Waals surface area contributed by atoms with E-state index in [1.165, 1.54) is 211 Å². The summed E-state index contributed by atoms with van der Waals surface area (Å²) >= 11 is 0. The van der Waals surface area contributed by atoms with Crippen LogP contribution in [0.5, 0.6) is 0 Å². The number of fused-ring (bicyclic) bond motifs is 7. The lowest BCUT2D eigenvalue weighted by molar-refractivity contribution is 0.381. The first-order chi connectivity index (χ1) is 32.6. The second-order valence-corrected chi connectivity index (χ2v) is 23.8. The van der Waals surface area contributed by atoms with Crippen LogP contribution < -0.4 is 0 Å². The van der Waals surface area contributed by atoms with E-state index in [0.717, 1.165) is 33.8 Å². The number of rotatable bonds is 8. The van der Waals surface area contributed by atoms with Crippen LogP contribution >= 0.6 is 8.24 Å². The Bertz CT molecular complexity index is 2640. The van der Waals surface area contributed by atoms with Crippen LogP contribution in [0.15, 0.2) is 104 Å². The van der Waals surface area contributed by atoms with Crippen molar-refractivity contribution in [3.8, 4) is 0 Å². The molecule has 66 heavy (non-hydrogen) atoms. The zero-order valence-electron chi connectivity index (χ0n) is 39.6. The minimum atomic E-state index is -2.29. The van der Waals surface area contributed by atoms with Crippen LogP contribution in [0.2, 0.25) is 0 Å². The quantitative estimate of drug-likeness (QED) is 0.169. The van der Waals surface area contributed by atoms with E-state index in [1.54, 1.807) is 22.3 Å². The molecule has 3 nitrogen and oxygen atoms in total. The second-order valence-electron chi connectivity index (χ2n) is 22.9. The van der Waals surface area contributed by atoms with Gasteiger partial charge in [0.15, 0.2) is 11.2 Å². The molecule has 0 saturated heterocycles. The fourth-order valence-electron chi connectivity index (χ4n) is 16.2. The molecule has 5 aromatic rings. The number of allylic oxidation sites excluding steroid dienone is 8. The van der Waals surface area contributed by atoms with E-state index in [-0.39, 0.29) is 0 Å². The zero-order chi connectivity index (χ0) is 43.7. The van der Waals surface area contributed by atoms with Gasteiger partial charge < -0.3 is 8.39 Å². The van der Waals surface area contributed by atoms with Crippen LogP contribution in [-0.4, -0.2) is 4.89 Å². The average molecular weight is 897 g/mol. The standard InChI is InChI=1S/C62H73O3P/c63-66-64-61-55(57-51(41-21-5-6-22-41)35-47(39-17-1-2-18-39)36-52(57)42-23-7-8-24-42)33-45-29-13-15-31-49(45)59(61)60-50-32-16-14-30-46(50)34-56(62(60)65-66)58-53(43-25-9-10-26-43)37-48(40-19-3-4-20-40)38-54(58)44-27-11-12-28-44/h13-16,29-35,37,39-44,47-48,63H,1-12,17-28,36,38H2. The molecule has 0 aliphatic heterocycles. The van der Waals surface area contributed by atoms with Crippen molar-refractivity contribution >= 4 is 62.9 Å². The lowest BCUT2D eigenvalue weighted by Gasteiger charge is -2.35. The van der Waals surface area contributed by atoms with E-state index >= 15 is 0 Å². The van der Waals surface area contributed by atoms with Gasteiger partial charge in [-0.1, -0.05) is 149 Å². The summed E-state index contributed by atoms with van der Waals surface area (Å²) in [4.78, 5) is 12.6. The van der Waals surface area contributed by atoms with Crippen molar-refractivity contribution in [1.82, 2.24) is 0 Å². The Morgan fingerprint density at radius 1 is 0.424 bits per heavy atom. The Morgan fingerprint density at radius 3 is 1.17 bits per heavy atom. The SMILES string of the molecule is Op1oc2c(C3=C(C4CCCC4)CC(C4CCCC4)C=C3C3CCCC3)cc3ccccc3c2c2c(o1)c(C1=C(C3CCCC3)CC(C3CCCC3)C=C1C1CCCC1)cc1ccccc12. The highest BCUT2D eigenvalue weighted by Crippen LogP contribution is 2.57. The summed E-state index contributed by atoms with van der Waals surface area (Å²) in [6, 6.07) is 23.2. The minimum Gasteiger partial charge on any atom is -0.398 e. The molecule has 13 rings (SSSR count). The molecule has 6 fully saturated rings. The highest BCUT2D eigenvalue weighted by atomic mass is 31.1. The van der Waals surface area contributed by atoms with Crippen LogP contribution in [0.1, 0.15) is 178 Å². The molecular weight excluding hydrogens is 824 g/mol. The highest BCUT2D eigenvalue weighted by molar-refractivity contribution is 7.30. The van der Waals surface area contributed by atoms with Crippen LogP contribution in [0.4, 0.5) is 0 Å². The molecule has 0 radical (unpaired) electrons. The maximum Gasteiger partial charge on any atom is 0.384 e. The molecule has 4 heteroatoms. The van der Waals surface area contributed by atoms with Crippen molar-refractivity contribution in [2.45, 2.75) is 167 Å². The largest absolute Gasteiger partial charge is 0.398 e. The lowest BCUT2D eigenvalue weighted by Crippen LogP contribution is -2.21. The van der Waals surface area contributed by atoms with Crippen molar-refractivity contribution in [3.63, 3.8) is 0 Å². The third kappa shape index (κ3) is 7.46. The van der Waals surface area contributed by atoms with Gasteiger partial charge in [-0.25, -0.2) is 0 Å². The Kier molecular flexibility index (Phi) is 11.5. The Hall–Kier alpha value is -3.78. The predicted molar refractivity (Wildman–Crippen MR) is 277 cm³/mol. The molecule has 8 aliphatic carbocycles. The molecule has 8 aliphatic rings. The third-order valence-electron chi connectivity index (χ3n) is 19.3. The van der Waals surface area contributed by atoms with Gasteiger partial charge in [0.05, 0.1) is 0 Å². The first-order valence-electron chi connectivity index (χ1n) is 27.5. The number of hydrogen-bond donors (Lipinski definition) is 1. The van der Waals surface area contributed by atoms with Crippen molar-refractivity contribution < 1.29 is 13.3 Å². The molecular formula is C62H73O3P. The molecule has 1 N–H and O–H groups in total. The Morgan fingerprint density at radius 2 is 0.773 bits per heavy atom. The van der Waals surface area contributed by atoms with Gasteiger partial charge in [0.1, 0.15) is 0 Å². The molecule has 344 valence electrons. The first kappa shape index (κ1) is 42.3. The summed E-state index contributed by atoms with van der Waals surface area (Å²) < 4.78 is 14.4. The Balaban J connectivity index is 1.13. The van der Waals surface area contributed by atoms with Crippen LogP contribution in [0.25, 0.3) is 54.6 Å². The molecule has 0 amide bonds. The average Bonchev–Trinajstić information content (AvgIpc) is 4.21. The van der Waals surface area contributed by atoms with Crippen molar-refractivity contribution in [1.29, 1.82) is 0 Å². The van der Waals surface area contributed by atoms with Gasteiger partial charge in [-0.3, -0.25) is 4.89 Å². The Labute approximate surface area is 394 Å². The summed E-state index contributed by atoms with van der Waals surface area (Å²) in [6.45, 7) is 0. The van der Waals surface area contributed by atoms with Gasteiger partial charge in [-0.15, -0.1) is 0 Å². The zero-order valence-corrected chi connectivity index (χ0v) is 40.5. The first-order valence-corrected chi connectivity index (χ1v) is 28.7. The van der Waals surface area contributed by atoms with E-state index in [4.69, 9.17) is 8.39 Å². The van der Waals surface area contributed by atoms with Crippen molar-refractivity contribution in [2.24, 2.45) is 47.3 Å². The summed E-state index contributed by atoms with van der Waals surface area (Å²) in [5.41, 5.74) is 13.8. The summed E-state index contributed by atoms with van der Waals surface area (Å²) in [5.74, 6) is 5.30. The highest BCUT2D eigenvalue weighted by Gasteiger charge is 2.40. The monoisotopic (exact) mass is 897 g/mol. The minimum absolute atomic E-state index is 0.584. The van der Waals surface area contributed by atoms with E-state index in [0.29, 0.717) is 35.5 Å². The molecule has 1 aromatic heterocycles. The number of benzene rings is 4. The lowest BCUT2D eigenvalue weighted by atomic mass is 9.69. The summed E-state index contributed by atoms with van der Waals surface area (Å²) in [6.07, 6.45) is 40.1. The van der Waals surface area contributed by atoms with Gasteiger partial charge in [-0.2, -0.15) is 0 Å². The maximum atomic E-state index is 12.6. The van der Waals surface area contributed by atoms with Gasteiger partial charge in [-0.05, 0) is 193 Å². The fourth-order valence-corrected chi connectivity index (χ4v) is 16.9. The summed E-state index contributed by atoms with van der Waals surface area (Å²) in [7, 11) is -2.29. The second kappa shape index (κ2) is 17.9. The predicted octanol–water partition coefficient (Wildman–Crippen LogP) is 18.9. The summed E-state index contributed by atoms with van der Waals surface area (Å²) in [5, 5.41) is 7.18. The molecule has 0 spiro atoms. The molecule has 2 unspecified atom stereocenters. The van der Waals surface area contributed by atoms with Gasteiger partial charge in [0, 0.05) is 21.9 Å². The fraction of sp³-hybridized carbons (Fsp3) is 0.548. The molecule has 0 bridgehead atoms. The topological polar surface area (TPSA) is 46.5 Å². The maximum absolute atomic E-state index is 12.6. The van der Waals surface area contributed by atoms with Gasteiger partial charge in [0.2, 0.25) is 0 Å². The van der Waals surface area contributed by atoms with E-state index in [1.807, 2.05) is 0 Å². The van der Waals surface area contributed by atoms with E-state index in [2.05, 4.69) is 72.8 Å². The molecule has 4 aromatic carbocycles. The molecule has 1 heterocycles. The van der Waals surface area contributed by atoms with Crippen molar-refractivity contribution in [3.05, 3.63) is 106 Å². The van der Waals surface area contributed by atoms with E-state index < -0.39 is 8.24 Å². The third-order valence-corrected chi connectivity index (χ3v) is 20.0. The van der Waals surface area contributed by atoms with Crippen LogP contribution in [-0.2, 0) is 0 Å². The number of hydrogen-bond acceptors (Lipinski definition) is 3. The molecule has 6 saturated carbocycles. The molecule has 2 atom stereocenters. The smallest absolute Gasteiger partial charge is 0.384 e. The van der Waals surface area contributed by atoms with Crippen molar-refractivity contribution in [2.75, 3.05) is 0 Å². The van der Waals surface area contributed by atoms with Crippen LogP contribution in [0.3, 0.4) is 0 Å². The van der Waals surface area contributed by atoms with Gasteiger partial charge in [0.25, 0.3) is 0 Å². The van der Waals surface area contributed by atoms with E-state index in [9.17, 15) is 4.89 Å².